The Balaban J connectivity index is 1.83. The molecule has 102 valence electrons. The molecule has 3 nitrogen and oxygen atoms in total. The van der Waals surface area contributed by atoms with Crippen molar-refractivity contribution in [2.45, 2.75) is 32.1 Å². The van der Waals surface area contributed by atoms with Crippen molar-refractivity contribution in [1.29, 1.82) is 0 Å². The Morgan fingerprint density at radius 3 is 2.56 bits per heavy atom. The molecular weight excluding hydrogens is 263 g/mol. The fourth-order valence-electron chi connectivity index (χ4n) is 2.16. The normalized spacial score (nSPS) is 19.3. The van der Waals surface area contributed by atoms with Crippen LogP contribution in [-0.4, -0.2) is 29.1 Å². The Kier molecular flexibility index (Phi) is 4.24. The molecule has 0 bridgehead atoms. The number of aromatic nitrogens is 1. The number of thiazole rings is 1. The van der Waals surface area contributed by atoms with Crippen molar-refractivity contribution in [2.24, 2.45) is 11.7 Å². The van der Waals surface area contributed by atoms with E-state index in [1.807, 2.05) is 10.3 Å². The van der Waals surface area contributed by atoms with Gasteiger partial charge in [-0.1, -0.05) is 0 Å². The van der Waals surface area contributed by atoms with Crippen LogP contribution in [0.25, 0.3) is 0 Å². The zero-order chi connectivity index (χ0) is 13.2. The lowest BCUT2D eigenvalue weighted by atomic mass is 9.96. The lowest BCUT2D eigenvalue weighted by Crippen LogP contribution is -2.38. The highest BCUT2D eigenvalue weighted by atomic mass is 32.1. The van der Waals surface area contributed by atoms with Gasteiger partial charge in [0.25, 0.3) is 0 Å². The predicted octanol–water partition coefficient (Wildman–Crippen LogP) is 2.38. The van der Waals surface area contributed by atoms with Gasteiger partial charge >= 0.3 is 6.18 Å². The molecule has 0 aliphatic carbocycles. The van der Waals surface area contributed by atoms with Gasteiger partial charge in [-0.05, 0) is 25.9 Å². The van der Waals surface area contributed by atoms with E-state index in [1.165, 1.54) is 11.3 Å². The van der Waals surface area contributed by atoms with E-state index < -0.39 is 12.1 Å². The summed E-state index contributed by atoms with van der Waals surface area (Å²) in [7, 11) is 0. The standard InChI is InChI=1S/C11H16F3N3S/c12-11(13,14)8-1-3-17(4-2-8)6-9-7-18-10(5-15)16-9/h7-8H,1-6,15H2. The molecule has 1 saturated heterocycles. The number of nitrogens with two attached hydrogens (primary N) is 1. The first-order valence-corrected chi connectivity index (χ1v) is 6.79. The number of piperidine rings is 1. The fraction of sp³-hybridized carbons (Fsp3) is 0.727. The molecule has 0 spiro atoms. The van der Waals surface area contributed by atoms with Gasteiger partial charge in [0.05, 0.1) is 11.6 Å². The van der Waals surface area contributed by atoms with E-state index in [0.29, 0.717) is 26.2 Å². The molecule has 2 N–H and O–H groups in total. The number of likely N-dealkylation sites (tertiary alicyclic amines) is 1. The van der Waals surface area contributed by atoms with E-state index in [1.54, 1.807) is 0 Å². The minimum absolute atomic E-state index is 0.192. The van der Waals surface area contributed by atoms with Crippen LogP contribution >= 0.6 is 11.3 Å². The largest absolute Gasteiger partial charge is 0.391 e. The highest BCUT2D eigenvalue weighted by molar-refractivity contribution is 7.09. The van der Waals surface area contributed by atoms with Crippen molar-refractivity contribution in [1.82, 2.24) is 9.88 Å². The second-order valence-corrected chi connectivity index (χ2v) is 5.47. The lowest BCUT2D eigenvalue weighted by molar-refractivity contribution is -0.185. The third-order valence-corrected chi connectivity index (χ3v) is 4.13. The molecule has 2 heterocycles. The first kappa shape index (κ1) is 13.8. The first-order chi connectivity index (χ1) is 8.49. The number of alkyl halides is 3. The third-order valence-electron chi connectivity index (χ3n) is 3.21. The molecule has 1 fully saturated rings. The Morgan fingerprint density at radius 1 is 1.39 bits per heavy atom. The van der Waals surface area contributed by atoms with Gasteiger partial charge in [-0.15, -0.1) is 11.3 Å². The van der Waals surface area contributed by atoms with Gasteiger partial charge in [0.2, 0.25) is 0 Å². The summed E-state index contributed by atoms with van der Waals surface area (Å²) in [6, 6.07) is 0. The van der Waals surface area contributed by atoms with Gasteiger partial charge in [0.1, 0.15) is 5.01 Å². The fourth-order valence-corrected chi connectivity index (χ4v) is 2.83. The van der Waals surface area contributed by atoms with Crippen LogP contribution < -0.4 is 5.73 Å². The summed E-state index contributed by atoms with van der Waals surface area (Å²) in [5.41, 5.74) is 6.38. The average Bonchev–Trinajstić information content (AvgIpc) is 2.76. The van der Waals surface area contributed by atoms with Crippen LogP contribution in [0.4, 0.5) is 13.2 Å². The maximum Gasteiger partial charge on any atom is 0.391 e. The summed E-state index contributed by atoms with van der Waals surface area (Å²) in [5.74, 6) is -1.14. The van der Waals surface area contributed by atoms with Crippen LogP contribution in [0.1, 0.15) is 23.5 Å². The molecule has 1 aliphatic rings. The van der Waals surface area contributed by atoms with Crippen LogP contribution in [-0.2, 0) is 13.1 Å². The van der Waals surface area contributed by atoms with E-state index in [-0.39, 0.29) is 12.8 Å². The van der Waals surface area contributed by atoms with Crippen molar-refractivity contribution < 1.29 is 13.2 Å². The van der Waals surface area contributed by atoms with Crippen LogP contribution in [0, 0.1) is 5.92 Å². The van der Waals surface area contributed by atoms with Gasteiger partial charge in [-0.3, -0.25) is 4.90 Å². The second-order valence-electron chi connectivity index (χ2n) is 4.53. The molecule has 0 radical (unpaired) electrons. The summed E-state index contributed by atoms with van der Waals surface area (Å²) < 4.78 is 37.5. The minimum atomic E-state index is -4.04. The monoisotopic (exact) mass is 279 g/mol. The number of halogens is 3. The van der Waals surface area contributed by atoms with Crippen LogP contribution in [0.2, 0.25) is 0 Å². The van der Waals surface area contributed by atoms with E-state index in [0.717, 1.165) is 10.7 Å². The molecule has 0 amide bonds. The molecule has 0 unspecified atom stereocenters. The summed E-state index contributed by atoms with van der Waals surface area (Å²) in [6.07, 6.45) is -3.66. The topological polar surface area (TPSA) is 42.1 Å². The van der Waals surface area contributed by atoms with Crippen LogP contribution in [0.15, 0.2) is 5.38 Å². The quantitative estimate of drug-likeness (QED) is 0.923. The van der Waals surface area contributed by atoms with Crippen LogP contribution in [0.3, 0.4) is 0 Å². The molecule has 1 aromatic rings. The maximum absolute atomic E-state index is 12.5. The van der Waals surface area contributed by atoms with Crippen molar-refractivity contribution in [3.63, 3.8) is 0 Å². The molecule has 1 aromatic heterocycles. The lowest BCUT2D eigenvalue weighted by Gasteiger charge is -2.32. The number of rotatable bonds is 3. The highest BCUT2D eigenvalue weighted by Gasteiger charge is 2.40. The van der Waals surface area contributed by atoms with Gasteiger partial charge in [0.15, 0.2) is 0 Å². The van der Waals surface area contributed by atoms with E-state index in [4.69, 9.17) is 5.73 Å². The molecule has 0 atom stereocenters. The Morgan fingerprint density at radius 2 is 2.06 bits per heavy atom. The van der Waals surface area contributed by atoms with Gasteiger partial charge in [0, 0.05) is 18.5 Å². The summed E-state index contributed by atoms with van der Waals surface area (Å²) in [4.78, 5) is 6.35. The maximum atomic E-state index is 12.5. The summed E-state index contributed by atoms with van der Waals surface area (Å²) in [6.45, 7) is 2.02. The molecule has 2 rings (SSSR count). The van der Waals surface area contributed by atoms with Crippen molar-refractivity contribution >= 4 is 11.3 Å². The Labute approximate surface area is 108 Å². The smallest absolute Gasteiger partial charge is 0.325 e. The van der Waals surface area contributed by atoms with Gasteiger partial charge in [-0.2, -0.15) is 13.2 Å². The minimum Gasteiger partial charge on any atom is -0.325 e. The third kappa shape index (κ3) is 3.43. The number of hydrogen-bond acceptors (Lipinski definition) is 4. The molecule has 0 aromatic carbocycles. The molecule has 18 heavy (non-hydrogen) atoms. The van der Waals surface area contributed by atoms with Crippen molar-refractivity contribution in [3.8, 4) is 0 Å². The van der Waals surface area contributed by atoms with Gasteiger partial charge in [-0.25, -0.2) is 4.98 Å². The summed E-state index contributed by atoms with van der Waals surface area (Å²) in [5, 5.41) is 2.80. The van der Waals surface area contributed by atoms with Crippen molar-refractivity contribution in [2.75, 3.05) is 13.1 Å². The first-order valence-electron chi connectivity index (χ1n) is 5.91. The van der Waals surface area contributed by atoms with E-state index in [9.17, 15) is 13.2 Å². The summed E-state index contributed by atoms with van der Waals surface area (Å²) >= 11 is 1.50. The SMILES string of the molecule is NCc1nc(CN2CCC(C(F)(F)F)CC2)cs1. The predicted molar refractivity (Wildman–Crippen MR) is 64.1 cm³/mol. The molecule has 0 saturated carbocycles. The molecule has 1 aliphatic heterocycles. The zero-order valence-electron chi connectivity index (χ0n) is 9.91. The number of hydrogen-bond donors (Lipinski definition) is 1. The number of nitrogens with zero attached hydrogens (tertiary/aromatic N) is 2. The van der Waals surface area contributed by atoms with Crippen LogP contribution in [0.5, 0.6) is 0 Å². The van der Waals surface area contributed by atoms with E-state index in [2.05, 4.69) is 4.98 Å². The van der Waals surface area contributed by atoms with Crippen molar-refractivity contribution in [3.05, 3.63) is 16.1 Å². The second kappa shape index (κ2) is 5.54. The Bertz CT molecular complexity index is 383. The molecular formula is C11H16F3N3S. The van der Waals surface area contributed by atoms with Gasteiger partial charge < -0.3 is 5.73 Å². The average molecular weight is 279 g/mol. The highest BCUT2D eigenvalue weighted by Crippen LogP contribution is 2.34. The zero-order valence-corrected chi connectivity index (χ0v) is 10.7. The molecule has 7 heteroatoms. The Hall–Kier alpha value is -0.660. The van der Waals surface area contributed by atoms with E-state index >= 15 is 0 Å².